The standard InChI is InChI=1S/C40H66/c1-31(19-13-21-33(3)25-27-37-35(5)23-15-29-39(37,7)8)17-11-12-18-32(2)20-14-22-34(4)26-28-38-36(6)24-16-30-40(38,9)10/h11-12,17-18,21,25,27,34,36,38H,13-16,19-20,22-24,26,28-30H2,1-10H3/b12-11-,27-25+,31-17-,32-18-,33-21+/t34?,36-,38+/m1/s1. The third-order valence-corrected chi connectivity index (χ3v) is 10.3. The maximum atomic E-state index is 2.52. The van der Waals surface area contributed by atoms with E-state index in [0.717, 1.165) is 30.6 Å². The Labute approximate surface area is 251 Å². The van der Waals surface area contributed by atoms with E-state index in [1.54, 1.807) is 11.1 Å². The van der Waals surface area contributed by atoms with Crippen LogP contribution in [0.25, 0.3) is 0 Å². The van der Waals surface area contributed by atoms with Crippen LogP contribution in [0.5, 0.6) is 0 Å². The SMILES string of the molecule is CC1=C(/C=C/C(C)=C/CC\C(C)=C/C=C\C=C(\C)CCCC(C)CC[C@H]2[C@H](C)CCCC2(C)C)C(C)(C)CCC1. The Kier molecular flexibility index (Phi) is 14.5. The Bertz CT molecular complexity index is 954. The van der Waals surface area contributed by atoms with Gasteiger partial charge in [-0.15, -0.1) is 0 Å². The van der Waals surface area contributed by atoms with Crippen LogP contribution in [0.4, 0.5) is 0 Å². The Hall–Kier alpha value is -1.56. The van der Waals surface area contributed by atoms with Crippen molar-refractivity contribution in [2.45, 2.75) is 153 Å². The quantitative estimate of drug-likeness (QED) is 0.190. The summed E-state index contributed by atoms with van der Waals surface area (Å²) in [7, 11) is 0. The summed E-state index contributed by atoms with van der Waals surface area (Å²) < 4.78 is 0. The highest BCUT2D eigenvalue weighted by Gasteiger charge is 2.36. The van der Waals surface area contributed by atoms with Gasteiger partial charge in [-0.05, 0) is 120 Å². The normalized spacial score (nSPS) is 25.3. The molecule has 1 fully saturated rings. The number of rotatable bonds is 14. The molecular formula is C40H66. The molecule has 2 rings (SSSR count). The Balaban J connectivity index is 1.68. The van der Waals surface area contributed by atoms with Crippen LogP contribution in [-0.2, 0) is 0 Å². The molecular weight excluding hydrogens is 480 g/mol. The molecule has 0 heteroatoms. The van der Waals surface area contributed by atoms with Crippen molar-refractivity contribution in [2.24, 2.45) is 28.6 Å². The molecule has 0 aromatic heterocycles. The molecule has 0 N–H and O–H groups in total. The maximum absolute atomic E-state index is 2.52. The van der Waals surface area contributed by atoms with Crippen LogP contribution in [0.2, 0.25) is 0 Å². The second-order valence-electron chi connectivity index (χ2n) is 15.2. The lowest BCUT2D eigenvalue weighted by atomic mass is 9.62. The number of hydrogen-bond acceptors (Lipinski definition) is 0. The highest BCUT2D eigenvalue weighted by atomic mass is 14.4. The monoisotopic (exact) mass is 547 g/mol. The molecule has 0 nitrogen and oxygen atoms in total. The Morgan fingerprint density at radius 2 is 1.60 bits per heavy atom. The predicted octanol–water partition coefficient (Wildman–Crippen LogP) is 13.3. The molecule has 0 aliphatic heterocycles. The van der Waals surface area contributed by atoms with E-state index in [9.17, 15) is 0 Å². The van der Waals surface area contributed by atoms with Crippen molar-refractivity contribution < 1.29 is 0 Å². The molecule has 2 aliphatic rings. The van der Waals surface area contributed by atoms with Gasteiger partial charge in [0.05, 0.1) is 0 Å². The van der Waals surface area contributed by atoms with Gasteiger partial charge in [-0.3, -0.25) is 0 Å². The Morgan fingerprint density at radius 1 is 0.925 bits per heavy atom. The zero-order valence-corrected chi connectivity index (χ0v) is 28.5. The zero-order valence-electron chi connectivity index (χ0n) is 28.5. The molecule has 40 heavy (non-hydrogen) atoms. The summed E-state index contributed by atoms with van der Waals surface area (Å²) in [6, 6.07) is 0. The molecule has 1 unspecified atom stereocenters. The summed E-state index contributed by atoms with van der Waals surface area (Å²) in [5.41, 5.74) is 8.34. The zero-order chi connectivity index (χ0) is 29.8. The first-order valence-corrected chi connectivity index (χ1v) is 16.9. The first-order valence-electron chi connectivity index (χ1n) is 16.9. The van der Waals surface area contributed by atoms with E-state index in [4.69, 9.17) is 0 Å². The highest BCUT2D eigenvalue weighted by molar-refractivity contribution is 5.36. The smallest absolute Gasteiger partial charge is 0.0104 e. The fourth-order valence-corrected chi connectivity index (χ4v) is 7.48. The summed E-state index contributed by atoms with van der Waals surface area (Å²) in [6.07, 6.45) is 33.4. The van der Waals surface area contributed by atoms with Crippen LogP contribution in [0.3, 0.4) is 0 Å². The van der Waals surface area contributed by atoms with Gasteiger partial charge < -0.3 is 0 Å². The molecule has 0 aromatic rings. The third-order valence-electron chi connectivity index (χ3n) is 10.3. The predicted molar refractivity (Wildman–Crippen MR) is 182 cm³/mol. The van der Waals surface area contributed by atoms with Gasteiger partial charge in [0, 0.05) is 0 Å². The average molecular weight is 547 g/mol. The third kappa shape index (κ3) is 12.1. The van der Waals surface area contributed by atoms with E-state index in [1.807, 2.05) is 0 Å². The van der Waals surface area contributed by atoms with E-state index >= 15 is 0 Å². The van der Waals surface area contributed by atoms with Crippen LogP contribution >= 0.6 is 0 Å². The summed E-state index contributed by atoms with van der Waals surface area (Å²) in [4.78, 5) is 0. The summed E-state index contributed by atoms with van der Waals surface area (Å²) in [5, 5.41) is 0. The summed E-state index contributed by atoms with van der Waals surface area (Å²) in [5.74, 6) is 2.69. The largest absolute Gasteiger partial charge is 0.0813 e. The molecule has 0 heterocycles. The molecule has 3 atom stereocenters. The minimum atomic E-state index is 0.320. The fourth-order valence-electron chi connectivity index (χ4n) is 7.48. The summed E-state index contributed by atoms with van der Waals surface area (Å²) in [6.45, 7) is 23.9. The first kappa shape index (κ1) is 34.6. The van der Waals surface area contributed by atoms with Crippen molar-refractivity contribution in [3.8, 4) is 0 Å². The van der Waals surface area contributed by atoms with Crippen LogP contribution in [0.1, 0.15) is 153 Å². The first-order chi connectivity index (χ1) is 18.8. The van der Waals surface area contributed by atoms with Gasteiger partial charge in [0.1, 0.15) is 0 Å². The minimum Gasteiger partial charge on any atom is -0.0813 e. The van der Waals surface area contributed by atoms with Crippen LogP contribution < -0.4 is 0 Å². The van der Waals surface area contributed by atoms with Gasteiger partial charge in [0.2, 0.25) is 0 Å². The summed E-state index contributed by atoms with van der Waals surface area (Å²) >= 11 is 0. The second kappa shape index (κ2) is 16.8. The molecule has 0 spiro atoms. The molecule has 226 valence electrons. The molecule has 0 saturated heterocycles. The van der Waals surface area contributed by atoms with Gasteiger partial charge in [0.25, 0.3) is 0 Å². The number of allylic oxidation sites excluding steroid dienone is 12. The van der Waals surface area contributed by atoms with Gasteiger partial charge in [0.15, 0.2) is 0 Å². The van der Waals surface area contributed by atoms with Crippen LogP contribution in [0, 0.1) is 28.6 Å². The van der Waals surface area contributed by atoms with Gasteiger partial charge >= 0.3 is 0 Å². The lowest BCUT2D eigenvalue weighted by Gasteiger charge is -2.43. The van der Waals surface area contributed by atoms with Gasteiger partial charge in [-0.2, -0.15) is 0 Å². The molecule has 0 radical (unpaired) electrons. The fraction of sp³-hybridized carbons (Fsp3) is 0.700. The highest BCUT2D eigenvalue weighted by Crippen LogP contribution is 2.46. The minimum absolute atomic E-state index is 0.320. The molecule has 1 saturated carbocycles. The molecule has 0 aromatic carbocycles. The van der Waals surface area contributed by atoms with Crippen molar-refractivity contribution in [3.63, 3.8) is 0 Å². The Morgan fingerprint density at radius 3 is 2.25 bits per heavy atom. The van der Waals surface area contributed by atoms with Crippen LogP contribution in [0.15, 0.2) is 70.4 Å². The van der Waals surface area contributed by atoms with Crippen molar-refractivity contribution in [1.29, 1.82) is 0 Å². The average Bonchev–Trinajstić information content (AvgIpc) is 2.85. The lowest BCUT2D eigenvalue weighted by molar-refractivity contribution is 0.0707. The van der Waals surface area contributed by atoms with E-state index in [0.29, 0.717) is 10.8 Å². The second-order valence-corrected chi connectivity index (χ2v) is 15.2. The van der Waals surface area contributed by atoms with Gasteiger partial charge in [-0.1, -0.05) is 132 Å². The van der Waals surface area contributed by atoms with E-state index in [-0.39, 0.29) is 0 Å². The van der Waals surface area contributed by atoms with E-state index < -0.39 is 0 Å². The van der Waals surface area contributed by atoms with Crippen molar-refractivity contribution >= 4 is 0 Å². The van der Waals surface area contributed by atoms with Crippen molar-refractivity contribution in [2.75, 3.05) is 0 Å². The van der Waals surface area contributed by atoms with Crippen molar-refractivity contribution in [3.05, 3.63) is 70.4 Å². The lowest BCUT2D eigenvalue weighted by Crippen LogP contribution is -2.33. The van der Waals surface area contributed by atoms with Gasteiger partial charge in [-0.25, -0.2) is 0 Å². The maximum Gasteiger partial charge on any atom is -0.0104 e. The topological polar surface area (TPSA) is 0 Å². The molecule has 2 aliphatic carbocycles. The van der Waals surface area contributed by atoms with Crippen LogP contribution in [-0.4, -0.2) is 0 Å². The molecule has 0 bridgehead atoms. The van der Waals surface area contributed by atoms with Crippen molar-refractivity contribution in [1.82, 2.24) is 0 Å². The molecule has 0 amide bonds. The number of hydrogen-bond donors (Lipinski definition) is 0. The van der Waals surface area contributed by atoms with E-state index in [1.165, 1.54) is 87.3 Å². The van der Waals surface area contributed by atoms with E-state index in [2.05, 4.69) is 112 Å².